The zero-order valence-corrected chi connectivity index (χ0v) is 23.9. The van der Waals surface area contributed by atoms with Crippen LogP contribution >= 0.6 is 7.92 Å². The van der Waals surface area contributed by atoms with Crippen molar-refractivity contribution in [3.05, 3.63) is 139 Å². The molecule has 0 aliphatic carbocycles. The van der Waals surface area contributed by atoms with Gasteiger partial charge in [-0.15, -0.1) is 80.9 Å². The number of fused-ring (bicyclic) bond motifs is 2. The first-order chi connectivity index (χ1) is 15.8. The van der Waals surface area contributed by atoms with Crippen molar-refractivity contribution in [2.24, 2.45) is 0 Å². The van der Waals surface area contributed by atoms with Crippen molar-refractivity contribution in [1.29, 1.82) is 0 Å². The van der Waals surface area contributed by atoms with Gasteiger partial charge >= 0.3 is 25.8 Å². The van der Waals surface area contributed by atoms with E-state index in [2.05, 4.69) is 140 Å². The molecule has 0 aliphatic rings. The van der Waals surface area contributed by atoms with E-state index in [1.165, 1.54) is 43.0 Å². The average Bonchev–Trinajstić information content (AvgIpc) is 3.43. The van der Waals surface area contributed by atoms with Crippen LogP contribution in [0, 0.1) is 6.92 Å². The molecule has 0 bridgehead atoms. The van der Waals surface area contributed by atoms with Crippen molar-refractivity contribution in [3.8, 4) is 0 Å². The van der Waals surface area contributed by atoms with Gasteiger partial charge in [-0.3, -0.25) is 0 Å². The first kappa shape index (κ1) is 28.5. The second-order valence-electron chi connectivity index (χ2n) is 8.01. The minimum Gasteiger partial charge on any atom is -1.00 e. The Kier molecular flexibility index (Phi) is 10.9. The van der Waals surface area contributed by atoms with E-state index in [0.29, 0.717) is 0 Å². The minimum absolute atomic E-state index is 0. The molecule has 0 heterocycles. The van der Waals surface area contributed by atoms with Crippen molar-refractivity contribution in [3.63, 3.8) is 0 Å². The van der Waals surface area contributed by atoms with Crippen molar-refractivity contribution in [2.75, 3.05) is 0 Å². The number of hydrogen-bond donors (Lipinski definition) is 0. The molecule has 0 atom stereocenters. The molecule has 0 aromatic heterocycles. The summed E-state index contributed by atoms with van der Waals surface area (Å²) in [5, 5.41) is 9.58. The molecular weight excluding hydrogens is 620 g/mol. The quantitative estimate of drug-likeness (QED) is 0.154. The second kappa shape index (κ2) is 13.4. The predicted octanol–water partition coefficient (Wildman–Crippen LogP) is 1.19. The summed E-state index contributed by atoms with van der Waals surface area (Å²) in [5.74, 6) is 0. The maximum atomic E-state index is 2.35. The molecule has 0 amide bonds. The predicted molar refractivity (Wildman–Crippen MR) is 143 cm³/mol. The molecule has 0 unspecified atom stereocenters. The van der Waals surface area contributed by atoms with E-state index in [-0.39, 0.29) is 35.3 Å². The van der Waals surface area contributed by atoms with Gasteiger partial charge in [0, 0.05) is 0 Å². The van der Waals surface area contributed by atoms with E-state index in [4.69, 9.17) is 0 Å². The molecule has 0 aliphatic heterocycles. The van der Waals surface area contributed by atoms with Crippen molar-refractivity contribution in [1.82, 2.24) is 0 Å². The van der Waals surface area contributed by atoms with Gasteiger partial charge in [0.15, 0.2) is 0 Å². The molecule has 172 valence electrons. The van der Waals surface area contributed by atoms with Gasteiger partial charge in [0.05, 0.1) is 0 Å². The van der Waals surface area contributed by atoms with E-state index in [0.717, 1.165) is 0 Å². The fourth-order valence-corrected chi connectivity index (χ4v) is 6.54. The molecule has 0 radical (unpaired) electrons. The van der Waals surface area contributed by atoms with Crippen molar-refractivity contribution < 1.29 is 35.3 Å². The summed E-state index contributed by atoms with van der Waals surface area (Å²) in [6.45, 7) is 2.12. The third kappa shape index (κ3) is 6.69. The molecule has 0 fully saturated rings. The van der Waals surface area contributed by atoms with Crippen LogP contribution < -0.4 is 25.3 Å². The maximum Gasteiger partial charge on any atom is 4.00 e. The average molecular weight is 645 g/mol. The van der Waals surface area contributed by atoms with Crippen LogP contribution in [-0.4, -0.2) is 0 Å². The van der Waals surface area contributed by atoms with Crippen LogP contribution in [0.3, 0.4) is 0 Å². The van der Waals surface area contributed by atoms with Crippen LogP contribution in [0.5, 0.6) is 0 Å². The van der Waals surface area contributed by atoms with Gasteiger partial charge in [0.25, 0.3) is 0 Å². The van der Waals surface area contributed by atoms with E-state index < -0.39 is 7.92 Å². The molecule has 0 saturated carbocycles. The topological polar surface area (TPSA) is 0 Å². The molecule has 0 nitrogen and oxygen atoms in total. The minimum atomic E-state index is -0.493. The SMILES string of the molecule is Cc1cc2ccccc2[cH-]1.[F-].[F-].[Hf+4].c1ccc(P(c2ccccc2)c2cc3ccccc3[cH-]2)cc1. The zero-order chi connectivity index (χ0) is 21.8. The summed E-state index contributed by atoms with van der Waals surface area (Å²) < 4.78 is 0. The normalized spacial score (nSPS) is 10.0. The van der Waals surface area contributed by atoms with Gasteiger partial charge < -0.3 is 9.41 Å². The molecule has 0 spiro atoms. The summed E-state index contributed by atoms with van der Waals surface area (Å²) >= 11 is 0. The molecule has 0 saturated heterocycles. The monoisotopic (exact) mass is 646 g/mol. The van der Waals surface area contributed by atoms with Gasteiger partial charge in [0.2, 0.25) is 0 Å². The molecule has 4 heteroatoms. The number of benzene rings is 4. The Labute approximate surface area is 225 Å². The maximum absolute atomic E-state index is 2.35. The molecule has 35 heavy (non-hydrogen) atoms. The van der Waals surface area contributed by atoms with Crippen LogP contribution in [-0.2, 0) is 25.8 Å². The molecule has 6 rings (SSSR count). The Hall–Kier alpha value is -2.74. The largest absolute Gasteiger partial charge is 4.00 e. The Morgan fingerprint density at radius 1 is 0.514 bits per heavy atom. The number of hydrogen-bond acceptors (Lipinski definition) is 0. The molecule has 6 aromatic carbocycles. The van der Waals surface area contributed by atoms with E-state index in [9.17, 15) is 0 Å². The third-order valence-corrected chi connectivity index (χ3v) is 8.06. The van der Waals surface area contributed by atoms with Gasteiger partial charge in [-0.1, -0.05) is 79.7 Å². The van der Waals surface area contributed by atoms with E-state index in [1.54, 1.807) is 0 Å². The first-order valence-corrected chi connectivity index (χ1v) is 12.3. The summed E-state index contributed by atoms with van der Waals surface area (Å²) in [6.07, 6.45) is 0. The van der Waals surface area contributed by atoms with Gasteiger partial charge in [-0.25, -0.2) is 0 Å². The van der Waals surface area contributed by atoms with Crippen molar-refractivity contribution in [2.45, 2.75) is 6.92 Å². The van der Waals surface area contributed by atoms with E-state index >= 15 is 0 Å². The van der Waals surface area contributed by atoms with Crippen molar-refractivity contribution >= 4 is 45.4 Å². The Morgan fingerprint density at radius 3 is 1.43 bits per heavy atom. The summed E-state index contributed by atoms with van der Waals surface area (Å²) in [5.41, 5.74) is 1.35. The Morgan fingerprint density at radius 2 is 0.943 bits per heavy atom. The molecule has 0 N–H and O–H groups in total. The van der Waals surface area contributed by atoms with Gasteiger partial charge in [-0.2, -0.15) is 12.1 Å². The van der Waals surface area contributed by atoms with Gasteiger partial charge in [0.1, 0.15) is 0 Å². The Balaban J connectivity index is 0.000000284. The fourth-order valence-electron chi connectivity index (χ4n) is 4.17. The number of rotatable bonds is 3. The van der Waals surface area contributed by atoms with Crippen LogP contribution in [0.4, 0.5) is 0 Å². The number of halogens is 2. The van der Waals surface area contributed by atoms with Crippen LogP contribution in [0.2, 0.25) is 0 Å². The number of aryl methyl sites for hydroxylation is 1. The molecule has 6 aromatic rings. The van der Waals surface area contributed by atoms with E-state index in [1.807, 2.05) is 0 Å². The standard InChI is InChI=1S/C21H16P.C10H9.2FH.Hf/c1-3-11-19(12-4-1)22(20-13-5-2-6-14-20)21-15-17-9-7-8-10-18(17)16-21;1-8-6-9-4-2-3-5-10(9)7-8;;;/h1-16H;2-7H,1H3;2*1H;/q2*-1;;;+4/p-2. The fraction of sp³-hybridized carbons (Fsp3) is 0.0323. The zero-order valence-electron chi connectivity index (χ0n) is 19.4. The summed E-state index contributed by atoms with van der Waals surface area (Å²) in [4.78, 5) is 0. The third-order valence-electron chi connectivity index (χ3n) is 5.65. The van der Waals surface area contributed by atoms with Crippen LogP contribution in [0.1, 0.15) is 5.56 Å². The first-order valence-electron chi connectivity index (χ1n) is 11.0. The Bertz CT molecular complexity index is 1330. The second-order valence-corrected chi connectivity index (χ2v) is 10.2. The smallest absolute Gasteiger partial charge is 1.00 e. The summed E-state index contributed by atoms with van der Waals surface area (Å²) in [7, 11) is -0.493. The van der Waals surface area contributed by atoms with Gasteiger partial charge in [-0.05, 0) is 18.5 Å². The molecular formula is C31H25F2HfP. The van der Waals surface area contributed by atoms with Crippen LogP contribution in [0.25, 0.3) is 21.5 Å². The van der Waals surface area contributed by atoms with Crippen LogP contribution in [0.15, 0.2) is 133 Å². The summed E-state index contributed by atoms with van der Waals surface area (Å²) in [6, 6.07) is 47.8.